The Morgan fingerprint density at radius 1 is 1.38 bits per heavy atom. The molecule has 2 aromatic rings. The molecule has 8 nitrogen and oxygen atoms in total. The van der Waals surface area contributed by atoms with Crippen LogP contribution in [-0.4, -0.2) is 41.0 Å². The summed E-state index contributed by atoms with van der Waals surface area (Å²) in [6.45, 7) is 2.65. The van der Waals surface area contributed by atoms with Crippen molar-refractivity contribution in [3.05, 3.63) is 30.1 Å². The second-order valence-corrected chi connectivity index (χ2v) is 6.38. The highest BCUT2D eigenvalue weighted by atomic mass is 16.6. The number of nitrogens with one attached hydrogen (secondary N) is 3. The predicted molar refractivity (Wildman–Crippen MR) is 97.8 cm³/mol. The minimum absolute atomic E-state index is 0.0407. The van der Waals surface area contributed by atoms with Crippen LogP contribution in [0.15, 0.2) is 24.4 Å². The van der Waals surface area contributed by atoms with Crippen LogP contribution in [0.5, 0.6) is 5.88 Å². The van der Waals surface area contributed by atoms with Crippen LogP contribution in [-0.2, 0) is 4.74 Å². The Hall–Kier alpha value is -2.77. The zero-order valence-corrected chi connectivity index (χ0v) is 15.1. The molecule has 0 spiro atoms. The summed E-state index contributed by atoms with van der Waals surface area (Å²) in [4.78, 5) is 15.8. The fraction of sp³-hybridized carbons (Fsp3) is 0.500. The van der Waals surface area contributed by atoms with Gasteiger partial charge in [0.05, 0.1) is 7.11 Å². The minimum atomic E-state index is -0.323. The number of carbonyl (C=O) groups excluding carboxylic acids is 1. The average molecular weight is 359 g/mol. The number of hydrogen-bond donors (Lipinski definition) is 3. The van der Waals surface area contributed by atoms with Crippen LogP contribution in [0.1, 0.15) is 44.2 Å². The van der Waals surface area contributed by atoms with Gasteiger partial charge in [-0.05, 0) is 31.7 Å². The molecule has 0 aliphatic heterocycles. The van der Waals surface area contributed by atoms with Crippen molar-refractivity contribution >= 4 is 17.6 Å². The van der Waals surface area contributed by atoms with Gasteiger partial charge < -0.3 is 20.1 Å². The lowest BCUT2D eigenvalue weighted by Crippen LogP contribution is -2.28. The summed E-state index contributed by atoms with van der Waals surface area (Å²) in [5.74, 6) is 1.59. The average Bonchev–Trinajstić information content (AvgIpc) is 3.29. The van der Waals surface area contributed by atoms with Gasteiger partial charge >= 0.3 is 6.09 Å². The number of methoxy groups -OCH3 is 1. The van der Waals surface area contributed by atoms with E-state index in [1.807, 2.05) is 25.1 Å². The summed E-state index contributed by atoms with van der Waals surface area (Å²) in [5, 5.41) is 13.4. The second kappa shape index (κ2) is 8.55. The lowest BCUT2D eigenvalue weighted by molar-refractivity contribution is 0.100. The maximum atomic E-state index is 11.7. The van der Waals surface area contributed by atoms with Gasteiger partial charge in [-0.25, -0.2) is 9.78 Å². The molecule has 3 rings (SSSR count). The van der Waals surface area contributed by atoms with Gasteiger partial charge in [-0.15, -0.1) is 0 Å². The lowest BCUT2D eigenvalue weighted by Gasteiger charge is -2.12. The van der Waals surface area contributed by atoms with Crippen molar-refractivity contribution in [1.82, 2.24) is 20.5 Å². The zero-order chi connectivity index (χ0) is 18.4. The van der Waals surface area contributed by atoms with E-state index < -0.39 is 0 Å². The Labute approximate surface area is 152 Å². The van der Waals surface area contributed by atoms with Crippen LogP contribution in [0, 0.1) is 0 Å². The molecule has 1 aliphatic rings. The largest absolute Gasteiger partial charge is 0.481 e. The molecule has 0 radical (unpaired) electrons. The first-order chi connectivity index (χ1) is 12.7. The number of aromatic nitrogens is 3. The topological polar surface area (TPSA) is 101 Å². The van der Waals surface area contributed by atoms with Crippen molar-refractivity contribution in [2.24, 2.45) is 0 Å². The van der Waals surface area contributed by atoms with Gasteiger partial charge in [0.2, 0.25) is 5.88 Å². The standard InChI is InChI=1S/C18H25N5O3/c1-3-7-20-18(24)26-14-5-4-12(9-14)15-11-16(23-22-15)21-13-6-8-19-17(10-13)25-2/h6,8,10-12,14H,3-5,7,9H2,1-2H3,(H,20,24)(H2,19,21,22,23). The van der Waals surface area contributed by atoms with Crippen LogP contribution < -0.4 is 15.4 Å². The van der Waals surface area contributed by atoms with Crippen LogP contribution in [0.3, 0.4) is 0 Å². The van der Waals surface area contributed by atoms with E-state index in [9.17, 15) is 4.79 Å². The highest BCUT2D eigenvalue weighted by Gasteiger charge is 2.29. The summed E-state index contributed by atoms with van der Waals surface area (Å²) in [5.41, 5.74) is 1.91. The molecular formula is C18H25N5O3. The van der Waals surface area contributed by atoms with Crippen LogP contribution in [0.25, 0.3) is 0 Å². The molecule has 26 heavy (non-hydrogen) atoms. The molecule has 2 unspecified atom stereocenters. The molecule has 2 heterocycles. The van der Waals surface area contributed by atoms with E-state index in [1.54, 1.807) is 13.3 Å². The van der Waals surface area contributed by atoms with Crippen molar-refractivity contribution in [3.63, 3.8) is 0 Å². The van der Waals surface area contributed by atoms with E-state index in [0.717, 1.165) is 42.9 Å². The number of ether oxygens (including phenoxy) is 2. The second-order valence-electron chi connectivity index (χ2n) is 6.38. The zero-order valence-electron chi connectivity index (χ0n) is 15.1. The fourth-order valence-electron chi connectivity index (χ4n) is 3.11. The Morgan fingerprint density at radius 3 is 3.08 bits per heavy atom. The van der Waals surface area contributed by atoms with Gasteiger partial charge in [-0.3, -0.25) is 5.10 Å². The maximum absolute atomic E-state index is 11.7. The van der Waals surface area contributed by atoms with Crippen LogP contribution in [0.4, 0.5) is 16.3 Å². The van der Waals surface area contributed by atoms with E-state index in [4.69, 9.17) is 9.47 Å². The normalized spacial score (nSPS) is 19.2. The number of alkyl carbamates (subject to hydrolysis) is 1. The van der Waals surface area contributed by atoms with E-state index >= 15 is 0 Å². The number of pyridine rings is 1. The first-order valence-electron chi connectivity index (χ1n) is 8.94. The highest BCUT2D eigenvalue weighted by Crippen LogP contribution is 2.36. The van der Waals surface area contributed by atoms with Crippen molar-refractivity contribution in [2.75, 3.05) is 19.0 Å². The van der Waals surface area contributed by atoms with Gasteiger partial charge in [-0.1, -0.05) is 6.92 Å². The summed E-state index contributed by atoms with van der Waals surface area (Å²) in [7, 11) is 1.58. The Balaban J connectivity index is 1.54. The van der Waals surface area contributed by atoms with Gasteiger partial charge in [-0.2, -0.15) is 5.10 Å². The number of hydrogen-bond acceptors (Lipinski definition) is 6. The van der Waals surface area contributed by atoms with Crippen LogP contribution >= 0.6 is 0 Å². The summed E-state index contributed by atoms with van der Waals surface area (Å²) in [6, 6.07) is 5.66. The molecule has 0 aromatic carbocycles. The van der Waals surface area contributed by atoms with Crippen molar-refractivity contribution in [1.29, 1.82) is 0 Å². The third kappa shape index (κ3) is 4.65. The smallest absolute Gasteiger partial charge is 0.407 e. The SMILES string of the molecule is CCCNC(=O)OC1CCC(c2cc(Nc3ccnc(OC)c3)n[nH]2)C1. The highest BCUT2D eigenvalue weighted by molar-refractivity contribution is 5.67. The number of carbonyl (C=O) groups is 1. The van der Waals surface area contributed by atoms with E-state index in [0.29, 0.717) is 18.3 Å². The molecule has 2 aromatic heterocycles. The maximum Gasteiger partial charge on any atom is 0.407 e. The molecule has 140 valence electrons. The minimum Gasteiger partial charge on any atom is -0.481 e. The molecule has 0 bridgehead atoms. The van der Waals surface area contributed by atoms with Crippen molar-refractivity contribution < 1.29 is 14.3 Å². The molecule has 1 amide bonds. The summed E-state index contributed by atoms with van der Waals surface area (Å²) >= 11 is 0. The third-order valence-electron chi connectivity index (χ3n) is 4.43. The van der Waals surface area contributed by atoms with E-state index in [-0.39, 0.29) is 12.2 Å². The number of rotatable bonds is 7. The first-order valence-corrected chi connectivity index (χ1v) is 8.94. The monoisotopic (exact) mass is 359 g/mol. The van der Waals surface area contributed by atoms with Gasteiger partial charge in [0.15, 0.2) is 5.82 Å². The molecule has 3 N–H and O–H groups in total. The third-order valence-corrected chi connectivity index (χ3v) is 4.43. The lowest BCUT2D eigenvalue weighted by atomic mass is 10.0. The molecule has 8 heteroatoms. The summed E-state index contributed by atoms with van der Waals surface area (Å²) < 4.78 is 10.6. The Bertz CT molecular complexity index is 733. The molecular weight excluding hydrogens is 334 g/mol. The number of amides is 1. The molecule has 1 saturated carbocycles. The molecule has 2 atom stereocenters. The number of anilines is 2. The quantitative estimate of drug-likeness (QED) is 0.701. The Kier molecular flexibility index (Phi) is 5.93. The van der Waals surface area contributed by atoms with Gasteiger partial charge in [0.1, 0.15) is 6.10 Å². The van der Waals surface area contributed by atoms with Crippen molar-refractivity contribution in [3.8, 4) is 5.88 Å². The van der Waals surface area contributed by atoms with Crippen LogP contribution in [0.2, 0.25) is 0 Å². The number of nitrogens with zero attached hydrogens (tertiary/aromatic N) is 2. The Morgan fingerprint density at radius 2 is 2.27 bits per heavy atom. The molecule has 1 aliphatic carbocycles. The molecule has 0 saturated heterocycles. The van der Waals surface area contributed by atoms with Crippen molar-refractivity contribution in [2.45, 2.75) is 44.6 Å². The predicted octanol–water partition coefficient (Wildman–Crippen LogP) is 3.33. The number of H-pyrrole nitrogens is 1. The number of aromatic amines is 1. The van der Waals surface area contributed by atoms with Gasteiger partial charge in [0.25, 0.3) is 0 Å². The summed E-state index contributed by atoms with van der Waals surface area (Å²) in [6.07, 6.45) is 4.86. The first kappa shape index (κ1) is 18.0. The van der Waals surface area contributed by atoms with Gasteiger partial charge in [0, 0.05) is 42.2 Å². The van der Waals surface area contributed by atoms with E-state index in [2.05, 4.69) is 25.8 Å². The fourth-order valence-corrected chi connectivity index (χ4v) is 3.11. The van der Waals surface area contributed by atoms with E-state index in [1.165, 1.54) is 0 Å². The molecule has 1 fully saturated rings.